The summed E-state index contributed by atoms with van der Waals surface area (Å²) >= 11 is 0. The van der Waals surface area contributed by atoms with Crippen LogP contribution >= 0.6 is 0 Å². The number of nitrogens with zero attached hydrogens (tertiary/aromatic N) is 3. The van der Waals surface area contributed by atoms with Crippen LogP contribution in [0.25, 0.3) is 11.4 Å². The zero-order valence-corrected chi connectivity index (χ0v) is 11.7. The minimum absolute atomic E-state index is 0.126. The highest BCUT2D eigenvalue weighted by Crippen LogP contribution is 2.32. The van der Waals surface area contributed by atoms with Gasteiger partial charge in [0, 0.05) is 24.0 Å². The maximum atomic E-state index is 6.09. The third-order valence-corrected chi connectivity index (χ3v) is 3.96. The van der Waals surface area contributed by atoms with Crippen molar-refractivity contribution in [2.45, 2.75) is 31.7 Å². The Bertz CT molecular complexity index is 613. The number of rotatable bonds is 3. The molecule has 1 aliphatic heterocycles. The Labute approximate surface area is 117 Å². The van der Waals surface area contributed by atoms with Crippen molar-refractivity contribution in [2.24, 2.45) is 5.73 Å². The predicted molar refractivity (Wildman–Crippen MR) is 73.1 cm³/mol. The average Bonchev–Trinajstić information content (AvgIpc) is 3.08. The maximum Gasteiger partial charge on any atom is 0.236 e. The Balaban J connectivity index is 1.98. The van der Waals surface area contributed by atoms with Gasteiger partial charge < -0.3 is 15.0 Å². The van der Waals surface area contributed by atoms with Gasteiger partial charge in [0.1, 0.15) is 0 Å². The quantitative estimate of drug-likeness (QED) is 0.908. The highest BCUT2D eigenvalue weighted by molar-refractivity contribution is 5.58. The Morgan fingerprint density at radius 3 is 3.05 bits per heavy atom. The van der Waals surface area contributed by atoms with Crippen LogP contribution < -0.4 is 5.73 Å². The molecule has 0 saturated carbocycles. The topological polar surface area (TPSA) is 87.1 Å². The molecular weight excluding hydrogens is 256 g/mol. The first-order chi connectivity index (χ1) is 9.65. The molecule has 0 spiro atoms. The molecule has 0 bridgehead atoms. The molecule has 2 N–H and O–H groups in total. The molecule has 1 saturated heterocycles. The van der Waals surface area contributed by atoms with Crippen LogP contribution in [0.4, 0.5) is 0 Å². The normalized spacial score (nSPS) is 26.1. The van der Waals surface area contributed by atoms with E-state index in [1.165, 1.54) is 0 Å². The van der Waals surface area contributed by atoms with Gasteiger partial charge in [-0.1, -0.05) is 12.1 Å². The molecule has 6 heteroatoms. The van der Waals surface area contributed by atoms with Crippen LogP contribution in [0.15, 0.2) is 23.0 Å². The number of aromatic nitrogens is 3. The Morgan fingerprint density at radius 1 is 1.50 bits per heavy atom. The second kappa shape index (κ2) is 4.96. The fraction of sp³-hybridized carbons (Fsp3) is 0.500. The Hall–Kier alpha value is -1.79. The SMILES string of the molecule is CCc1cnccc1-c1noc(C2(C)COCC2N)n1. The number of nitrogens with two attached hydrogens (primary N) is 1. The Morgan fingerprint density at radius 2 is 2.35 bits per heavy atom. The van der Waals surface area contributed by atoms with Crippen molar-refractivity contribution in [1.29, 1.82) is 0 Å². The molecule has 1 fully saturated rings. The summed E-state index contributed by atoms with van der Waals surface area (Å²) in [5, 5.41) is 4.09. The molecular formula is C14H18N4O2. The monoisotopic (exact) mass is 274 g/mol. The maximum absolute atomic E-state index is 6.09. The summed E-state index contributed by atoms with van der Waals surface area (Å²) in [5.41, 5.74) is 7.72. The van der Waals surface area contributed by atoms with E-state index in [-0.39, 0.29) is 6.04 Å². The van der Waals surface area contributed by atoms with Crippen LogP contribution in [0.5, 0.6) is 0 Å². The first-order valence-corrected chi connectivity index (χ1v) is 6.76. The lowest BCUT2D eigenvalue weighted by atomic mass is 9.86. The molecule has 0 radical (unpaired) electrons. The van der Waals surface area contributed by atoms with E-state index in [2.05, 4.69) is 22.0 Å². The molecule has 1 aliphatic rings. The number of hydrogen-bond acceptors (Lipinski definition) is 6. The summed E-state index contributed by atoms with van der Waals surface area (Å²) in [4.78, 5) is 8.65. The van der Waals surface area contributed by atoms with Gasteiger partial charge in [0.25, 0.3) is 0 Å². The molecule has 2 aromatic rings. The summed E-state index contributed by atoms with van der Waals surface area (Å²) in [7, 11) is 0. The second-order valence-corrected chi connectivity index (χ2v) is 5.35. The van der Waals surface area contributed by atoms with Crippen LogP contribution in [-0.2, 0) is 16.6 Å². The standard InChI is InChI=1S/C14H18N4O2/c1-3-9-6-16-5-4-10(9)12-17-13(20-18-12)14(2)8-19-7-11(14)15/h4-6,11H,3,7-8,15H2,1-2H3. The highest BCUT2D eigenvalue weighted by Gasteiger charge is 2.44. The van der Waals surface area contributed by atoms with Crippen LogP contribution in [0.1, 0.15) is 25.3 Å². The molecule has 3 rings (SSSR count). The van der Waals surface area contributed by atoms with Gasteiger partial charge in [-0.25, -0.2) is 0 Å². The lowest BCUT2D eigenvalue weighted by Crippen LogP contribution is -2.42. The molecule has 2 atom stereocenters. The van der Waals surface area contributed by atoms with Crippen molar-refractivity contribution in [3.63, 3.8) is 0 Å². The molecule has 20 heavy (non-hydrogen) atoms. The van der Waals surface area contributed by atoms with E-state index in [0.717, 1.165) is 17.5 Å². The largest absolute Gasteiger partial charge is 0.379 e. The van der Waals surface area contributed by atoms with Gasteiger partial charge in [-0.05, 0) is 25.0 Å². The molecule has 6 nitrogen and oxygen atoms in total. The minimum atomic E-state index is -0.412. The second-order valence-electron chi connectivity index (χ2n) is 5.35. The van der Waals surface area contributed by atoms with Crippen LogP contribution in [-0.4, -0.2) is 34.4 Å². The van der Waals surface area contributed by atoms with Crippen molar-refractivity contribution in [2.75, 3.05) is 13.2 Å². The smallest absolute Gasteiger partial charge is 0.236 e. The molecule has 2 unspecified atom stereocenters. The molecule has 0 aromatic carbocycles. The summed E-state index contributed by atoms with van der Waals surface area (Å²) in [5.74, 6) is 1.12. The van der Waals surface area contributed by atoms with E-state index in [1.54, 1.807) is 6.20 Å². The number of ether oxygens (including phenoxy) is 1. The molecule has 0 amide bonds. The van der Waals surface area contributed by atoms with Crippen LogP contribution in [0.3, 0.4) is 0 Å². The van der Waals surface area contributed by atoms with Crippen molar-refractivity contribution in [3.8, 4) is 11.4 Å². The van der Waals surface area contributed by atoms with Crippen molar-refractivity contribution in [3.05, 3.63) is 29.9 Å². The zero-order valence-electron chi connectivity index (χ0n) is 11.7. The molecule has 0 aliphatic carbocycles. The lowest BCUT2D eigenvalue weighted by Gasteiger charge is -2.21. The van der Waals surface area contributed by atoms with E-state index < -0.39 is 5.41 Å². The van der Waals surface area contributed by atoms with Crippen LogP contribution in [0.2, 0.25) is 0 Å². The highest BCUT2D eigenvalue weighted by atomic mass is 16.5. The zero-order chi connectivity index (χ0) is 14.2. The minimum Gasteiger partial charge on any atom is -0.379 e. The van der Waals surface area contributed by atoms with E-state index in [4.69, 9.17) is 15.0 Å². The molecule has 106 valence electrons. The molecule has 3 heterocycles. The fourth-order valence-corrected chi connectivity index (χ4v) is 2.40. The number of hydrogen-bond donors (Lipinski definition) is 1. The summed E-state index contributed by atoms with van der Waals surface area (Å²) in [6.45, 7) is 5.09. The summed E-state index contributed by atoms with van der Waals surface area (Å²) in [6, 6.07) is 1.78. The van der Waals surface area contributed by atoms with Crippen LogP contribution in [0, 0.1) is 0 Å². The average molecular weight is 274 g/mol. The van der Waals surface area contributed by atoms with Gasteiger partial charge in [-0.3, -0.25) is 4.98 Å². The molecule has 2 aromatic heterocycles. The van der Waals surface area contributed by atoms with Gasteiger partial charge in [0.15, 0.2) is 0 Å². The van der Waals surface area contributed by atoms with Gasteiger partial charge in [0.05, 0.1) is 18.6 Å². The first-order valence-electron chi connectivity index (χ1n) is 6.76. The summed E-state index contributed by atoms with van der Waals surface area (Å²) in [6.07, 6.45) is 4.43. The van der Waals surface area contributed by atoms with Crippen molar-refractivity contribution < 1.29 is 9.26 Å². The first kappa shape index (κ1) is 13.2. The van der Waals surface area contributed by atoms with E-state index in [9.17, 15) is 0 Å². The Kier molecular flexibility index (Phi) is 3.27. The van der Waals surface area contributed by atoms with Crippen molar-refractivity contribution in [1.82, 2.24) is 15.1 Å². The fourth-order valence-electron chi connectivity index (χ4n) is 2.40. The van der Waals surface area contributed by atoms with Crippen molar-refractivity contribution >= 4 is 0 Å². The van der Waals surface area contributed by atoms with Gasteiger partial charge in [-0.2, -0.15) is 4.98 Å². The number of pyridine rings is 1. The lowest BCUT2D eigenvalue weighted by molar-refractivity contribution is 0.169. The predicted octanol–water partition coefficient (Wildman–Crippen LogP) is 1.31. The van der Waals surface area contributed by atoms with E-state index >= 15 is 0 Å². The summed E-state index contributed by atoms with van der Waals surface area (Å²) < 4.78 is 10.9. The third kappa shape index (κ3) is 2.01. The number of aryl methyl sites for hydroxylation is 1. The van der Waals surface area contributed by atoms with Gasteiger partial charge in [-0.15, -0.1) is 0 Å². The van der Waals surface area contributed by atoms with E-state index in [0.29, 0.717) is 24.9 Å². The van der Waals surface area contributed by atoms with E-state index in [1.807, 2.05) is 19.2 Å². The van der Waals surface area contributed by atoms with Gasteiger partial charge in [0.2, 0.25) is 11.7 Å². The van der Waals surface area contributed by atoms with Gasteiger partial charge >= 0.3 is 0 Å². The third-order valence-electron chi connectivity index (χ3n) is 3.96.